The van der Waals surface area contributed by atoms with E-state index in [2.05, 4.69) is 30.9 Å². The number of hydrogen-bond donors (Lipinski definition) is 0. The molecule has 1 aromatic heterocycles. The molecule has 0 bridgehead atoms. The summed E-state index contributed by atoms with van der Waals surface area (Å²) < 4.78 is 12.5. The van der Waals surface area contributed by atoms with Crippen LogP contribution in [-0.2, 0) is 11.3 Å². The number of hydrogen-bond acceptors (Lipinski definition) is 4. The van der Waals surface area contributed by atoms with Crippen LogP contribution in [0.2, 0.25) is 5.02 Å². The predicted molar refractivity (Wildman–Crippen MR) is 80.1 cm³/mol. The molecule has 0 N–H and O–H groups in total. The van der Waals surface area contributed by atoms with E-state index in [1.54, 1.807) is 13.3 Å². The van der Waals surface area contributed by atoms with E-state index in [1.807, 2.05) is 4.68 Å². The van der Waals surface area contributed by atoms with Crippen LogP contribution in [0.1, 0.15) is 32.9 Å². The van der Waals surface area contributed by atoms with Crippen LogP contribution in [0.25, 0.3) is 0 Å². The number of halogens is 1. The standard InChI is InChI=1S/C14H22ClN3O2/c1-14(2,3)11-9-18-10(8-16-11)12(15)13(17-18)20-7-5-6-19-4/h8,11H,5-7,9H2,1-4H3. The van der Waals surface area contributed by atoms with Crippen molar-refractivity contribution in [2.75, 3.05) is 20.3 Å². The average molecular weight is 300 g/mol. The van der Waals surface area contributed by atoms with Crippen LogP contribution >= 0.6 is 11.6 Å². The number of fused-ring (bicyclic) bond motifs is 1. The van der Waals surface area contributed by atoms with Gasteiger partial charge in [-0.2, -0.15) is 0 Å². The SMILES string of the molecule is COCCCOc1nn2c(c1Cl)C=NC(C(C)(C)C)C2. The van der Waals surface area contributed by atoms with E-state index < -0.39 is 0 Å². The maximum absolute atomic E-state index is 6.29. The molecule has 1 aliphatic rings. The van der Waals surface area contributed by atoms with E-state index in [-0.39, 0.29) is 11.5 Å². The second kappa shape index (κ2) is 6.14. The van der Waals surface area contributed by atoms with Crippen LogP contribution in [0.5, 0.6) is 5.88 Å². The van der Waals surface area contributed by atoms with Crippen molar-refractivity contribution >= 4 is 17.8 Å². The van der Waals surface area contributed by atoms with E-state index >= 15 is 0 Å². The molecule has 1 aliphatic heterocycles. The monoisotopic (exact) mass is 299 g/mol. The van der Waals surface area contributed by atoms with Crippen LogP contribution in [0.15, 0.2) is 4.99 Å². The summed E-state index contributed by atoms with van der Waals surface area (Å²) >= 11 is 6.29. The van der Waals surface area contributed by atoms with Gasteiger partial charge in [-0.15, -0.1) is 5.10 Å². The third kappa shape index (κ3) is 3.33. The molecule has 2 heterocycles. The molecular weight excluding hydrogens is 278 g/mol. The summed E-state index contributed by atoms with van der Waals surface area (Å²) in [7, 11) is 1.67. The highest BCUT2D eigenvalue weighted by molar-refractivity contribution is 6.34. The minimum atomic E-state index is 0.103. The predicted octanol–water partition coefficient (Wildman–Crippen LogP) is 2.80. The van der Waals surface area contributed by atoms with Crippen molar-refractivity contribution in [2.45, 2.75) is 39.8 Å². The van der Waals surface area contributed by atoms with Crippen molar-refractivity contribution in [3.05, 3.63) is 10.7 Å². The summed E-state index contributed by atoms with van der Waals surface area (Å²) in [5, 5.41) is 4.98. The lowest BCUT2D eigenvalue weighted by molar-refractivity contribution is 0.170. The first-order chi connectivity index (χ1) is 9.43. The van der Waals surface area contributed by atoms with E-state index in [0.717, 1.165) is 18.7 Å². The molecule has 0 amide bonds. The Labute approximate surface area is 124 Å². The Morgan fingerprint density at radius 3 is 2.80 bits per heavy atom. The molecule has 6 heteroatoms. The Bertz CT molecular complexity index is 491. The van der Waals surface area contributed by atoms with Crippen molar-refractivity contribution in [1.82, 2.24) is 9.78 Å². The first-order valence-electron chi connectivity index (χ1n) is 6.84. The molecule has 20 heavy (non-hydrogen) atoms. The van der Waals surface area contributed by atoms with Crippen LogP contribution in [0, 0.1) is 5.41 Å². The first-order valence-corrected chi connectivity index (χ1v) is 7.22. The molecule has 0 saturated heterocycles. The summed E-state index contributed by atoms with van der Waals surface area (Å²) in [6.45, 7) is 8.47. The van der Waals surface area contributed by atoms with E-state index in [4.69, 9.17) is 21.1 Å². The number of rotatable bonds is 5. The fourth-order valence-electron chi connectivity index (χ4n) is 2.03. The van der Waals surface area contributed by atoms with Crippen molar-refractivity contribution in [3.63, 3.8) is 0 Å². The molecule has 0 saturated carbocycles. The van der Waals surface area contributed by atoms with Gasteiger partial charge in [0, 0.05) is 26.4 Å². The van der Waals surface area contributed by atoms with Gasteiger partial charge in [-0.05, 0) is 5.41 Å². The summed E-state index contributed by atoms with van der Waals surface area (Å²) in [5.41, 5.74) is 0.931. The molecule has 0 spiro atoms. The number of methoxy groups -OCH3 is 1. The smallest absolute Gasteiger partial charge is 0.252 e. The summed E-state index contributed by atoms with van der Waals surface area (Å²) in [6, 6.07) is 0.201. The van der Waals surface area contributed by atoms with E-state index in [0.29, 0.717) is 24.1 Å². The van der Waals surface area contributed by atoms with Gasteiger partial charge >= 0.3 is 0 Å². The van der Waals surface area contributed by atoms with E-state index in [1.165, 1.54) is 0 Å². The van der Waals surface area contributed by atoms with Gasteiger partial charge in [0.25, 0.3) is 5.88 Å². The lowest BCUT2D eigenvalue weighted by Crippen LogP contribution is -2.33. The molecule has 1 aromatic rings. The third-order valence-corrected chi connectivity index (χ3v) is 3.71. The Kier molecular flexibility index (Phi) is 4.70. The first kappa shape index (κ1) is 15.3. The van der Waals surface area contributed by atoms with Crippen molar-refractivity contribution in [3.8, 4) is 5.88 Å². The normalized spacial score (nSPS) is 18.1. The Morgan fingerprint density at radius 2 is 2.15 bits per heavy atom. The molecule has 0 aromatic carbocycles. The minimum absolute atomic E-state index is 0.103. The highest BCUT2D eigenvalue weighted by Gasteiger charge is 2.29. The van der Waals surface area contributed by atoms with Crippen LogP contribution in [0.4, 0.5) is 0 Å². The highest BCUT2D eigenvalue weighted by atomic mass is 35.5. The minimum Gasteiger partial charge on any atom is -0.475 e. The van der Waals surface area contributed by atoms with Gasteiger partial charge in [0.05, 0.1) is 19.2 Å². The van der Waals surface area contributed by atoms with Gasteiger partial charge in [-0.1, -0.05) is 32.4 Å². The Hall–Kier alpha value is -1.07. The van der Waals surface area contributed by atoms with Gasteiger partial charge in [0.15, 0.2) is 0 Å². The zero-order valence-electron chi connectivity index (χ0n) is 12.5. The Morgan fingerprint density at radius 1 is 1.40 bits per heavy atom. The number of aliphatic imine (C=N–C) groups is 1. The molecule has 112 valence electrons. The van der Waals surface area contributed by atoms with Gasteiger partial charge in [-0.25, -0.2) is 0 Å². The maximum Gasteiger partial charge on any atom is 0.252 e. The average Bonchev–Trinajstić information content (AvgIpc) is 2.70. The largest absolute Gasteiger partial charge is 0.475 e. The summed E-state index contributed by atoms with van der Waals surface area (Å²) in [5.74, 6) is 0.485. The van der Waals surface area contributed by atoms with Crippen LogP contribution < -0.4 is 4.74 Å². The number of nitrogens with zero attached hydrogens (tertiary/aromatic N) is 3. The topological polar surface area (TPSA) is 48.6 Å². The van der Waals surface area contributed by atoms with Crippen LogP contribution in [-0.4, -0.2) is 42.4 Å². The molecule has 2 rings (SSSR count). The molecule has 0 radical (unpaired) electrons. The molecule has 0 fully saturated rings. The second-order valence-corrected chi connectivity index (χ2v) is 6.42. The molecular formula is C14H22ClN3O2. The molecule has 1 atom stereocenters. The molecule has 0 aliphatic carbocycles. The van der Waals surface area contributed by atoms with Crippen molar-refractivity contribution < 1.29 is 9.47 Å². The molecule has 5 nitrogen and oxygen atoms in total. The van der Waals surface area contributed by atoms with Crippen molar-refractivity contribution in [2.24, 2.45) is 10.4 Å². The quantitative estimate of drug-likeness (QED) is 0.786. The summed E-state index contributed by atoms with van der Waals surface area (Å²) in [4.78, 5) is 4.58. The molecule has 1 unspecified atom stereocenters. The third-order valence-electron chi connectivity index (χ3n) is 3.36. The van der Waals surface area contributed by atoms with Crippen LogP contribution in [0.3, 0.4) is 0 Å². The highest BCUT2D eigenvalue weighted by Crippen LogP contribution is 2.32. The lowest BCUT2D eigenvalue weighted by Gasteiger charge is -2.29. The zero-order chi connectivity index (χ0) is 14.8. The van der Waals surface area contributed by atoms with Gasteiger partial charge in [0.1, 0.15) is 10.7 Å². The number of aromatic nitrogens is 2. The number of ether oxygens (including phenoxy) is 2. The Balaban J connectivity index is 2.07. The van der Waals surface area contributed by atoms with Crippen molar-refractivity contribution in [1.29, 1.82) is 0 Å². The van der Waals surface area contributed by atoms with E-state index in [9.17, 15) is 0 Å². The van der Waals surface area contributed by atoms with Gasteiger partial charge < -0.3 is 9.47 Å². The zero-order valence-corrected chi connectivity index (χ0v) is 13.3. The lowest BCUT2D eigenvalue weighted by atomic mass is 9.86. The fraction of sp³-hybridized carbons (Fsp3) is 0.714. The summed E-state index contributed by atoms with van der Waals surface area (Å²) in [6.07, 6.45) is 2.62. The second-order valence-electron chi connectivity index (χ2n) is 6.04. The fourth-order valence-corrected chi connectivity index (χ4v) is 2.26. The maximum atomic E-state index is 6.29. The van der Waals surface area contributed by atoms with Gasteiger partial charge in [0.2, 0.25) is 0 Å². The van der Waals surface area contributed by atoms with Gasteiger partial charge in [-0.3, -0.25) is 9.67 Å².